The van der Waals surface area contributed by atoms with Crippen LogP contribution in [0.3, 0.4) is 0 Å². The van der Waals surface area contributed by atoms with E-state index < -0.39 is 28.5 Å². The lowest BCUT2D eigenvalue weighted by Gasteiger charge is -2.33. The first-order valence-corrected chi connectivity index (χ1v) is 13.8. The number of sulfonamides is 1. The van der Waals surface area contributed by atoms with Gasteiger partial charge in [-0.05, 0) is 67.8 Å². The van der Waals surface area contributed by atoms with Crippen LogP contribution in [0.15, 0.2) is 77.7 Å². The van der Waals surface area contributed by atoms with Gasteiger partial charge in [-0.3, -0.25) is 13.9 Å². The molecule has 0 saturated heterocycles. The number of ether oxygens (including phenoxy) is 1. The first kappa shape index (κ1) is 28.7. The van der Waals surface area contributed by atoms with Crippen LogP contribution in [0.25, 0.3) is 0 Å². The number of aryl methyl sites for hydroxylation is 2. The van der Waals surface area contributed by atoms with Crippen molar-refractivity contribution in [2.24, 2.45) is 0 Å². The van der Waals surface area contributed by atoms with Gasteiger partial charge in [0.05, 0.1) is 17.7 Å². The van der Waals surface area contributed by atoms with E-state index in [-0.39, 0.29) is 17.3 Å². The number of amides is 2. The largest absolute Gasteiger partial charge is 0.497 e. The molecule has 202 valence electrons. The van der Waals surface area contributed by atoms with E-state index in [1.807, 2.05) is 45.0 Å². The Labute approximate surface area is 225 Å². The highest BCUT2D eigenvalue weighted by Crippen LogP contribution is 2.26. The third-order valence-electron chi connectivity index (χ3n) is 6.48. The van der Waals surface area contributed by atoms with Gasteiger partial charge < -0.3 is 15.0 Å². The maximum atomic E-state index is 13.9. The monoisotopic (exact) mass is 537 g/mol. The number of methoxy groups -OCH3 is 1. The van der Waals surface area contributed by atoms with Crippen LogP contribution in [-0.4, -0.2) is 51.9 Å². The van der Waals surface area contributed by atoms with Crippen molar-refractivity contribution in [1.29, 1.82) is 0 Å². The van der Waals surface area contributed by atoms with Gasteiger partial charge in [-0.15, -0.1) is 0 Å². The minimum Gasteiger partial charge on any atom is -0.497 e. The van der Waals surface area contributed by atoms with Crippen LogP contribution in [0, 0.1) is 13.8 Å². The van der Waals surface area contributed by atoms with E-state index in [2.05, 4.69) is 5.32 Å². The summed E-state index contributed by atoms with van der Waals surface area (Å²) < 4.78 is 34.0. The van der Waals surface area contributed by atoms with E-state index in [1.165, 1.54) is 31.2 Å². The first-order valence-electron chi connectivity index (χ1n) is 12.4. The highest BCUT2D eigenvalue weighted by molar-refractivity contribution is 7.92. The smallest absolute Gasteiger partial charge is 0.264 e. The second-order valence-electron chi connectivity index (χ2n) is 9.01. The van der Waals surface area contributed by atoms with Crippen LogP contribution in [0.1, 0.15) is 30.0 Å². The molecule has 0 aliphatic heterocycles. The van der Waals surface area contributed by atoms with Crippen LogP contribution >= 0.6 is 0 Å². The van der Waals surface area contributed by atoms with Crippen molar-refractivity contribution in [2.45, 2.75) is 44.7 Å². The summed E-state index contributed by atoms with van der Waals surface area (Å²) in [5.74, 6) is -0.279. The van der Waals surface area contributed by atoms with E-state index in [9.17, 15) is 18.0 Å². The Morgan fingerprint density at radius 1 is 0.947 bits per heavy atom. The van der Waals surface area contributed by atoms with E-state index in [0.717, 1.165) is 21.0 Å². The topological polar surface area (TPSA) is 96.0 Å². The number of benzene rings is 3. The molecule has 3 aromatic carbocycles. The van der Waals surface area contributed by atoms with Crippen molar-refractivity contribution < 1.29 is 22.7 Å². The molecule has 0 unspecified atom stereocenters. The Morgan fingerprint density at radius 3 is 2.13 bits per heavy atom. The first-order chi connectivity index (χ1) is 18.1. The zero-order chi connectivity index (χ0) is 27.9. The van der Waals surface area contributed by atoms with Crippen LogP contribution in [0.4, 0.5) is 5.69 Å². The van der Waals surface area contributed by atoms with Crippen molar-refractivity contribution in [3.05, 3.63) is 89.5 Å². The van der Waals surface area contributed by atoms with Crippen LogP contribution in [0.5, 0.6) is 5.75 Å². The molecule has 0 spiro atoms. The Balaban J connectivity index is 2.06. The Hall–Kier alpha value is -3.85. The summed E-state index contributed by atoms with van der Waals surface area (Å²) in [5, 5.41) is 2.63. The molecule has 1 N–H and O–H groups in total. The molecule has 0 aromatic heterocycles. The molecule has 0 radical (unpaired) electrons. The molecule has 9 heteroatoms. The quantitative estimate of drug-likeness (QED) is 0.398. The van der Waals surface area contributed by atoms with Gasteiger partial charge in [0.15, 0.2) is 0 Å². The summed E-state index contributed by atoms with van der Waals surface area (Å²) in [7, 11) is -1.11. The SMILES string of the molecule is CC[C@@H](C(=O)NC)N(Cc1ccccc1C)C(=O)CN(c1ccc(C)cc1)S(=O)(=O)c1ccc(OC)cc1. The molecule has 3 aromatic rings. The molecule has 38 heavy (non-hydrogen) atoms. The average Bonchev–Trinajstić information content (AvgIpc) is 2.92. The van der Waals surface area contributed by atoms with E-state index >= 15 is 0 Å². The van der Waals surface area contributed by atoms with Crippen molar-refractivity contribution in [3.63, 3.8) is 0 Å². The zero-order valence-corrected chi connectivity index (χ0v) is 23.3. The number of likely N-dealkylation sites (N-methyl/N-ethyl adjacent to an activating group) is 1. The lowest BCUT2D eigenvalue weighted by molar-refractivity contribution is -0.140. The van der Waals surface area contributed by atoms with E-state index in [1.54, 1.807) is 36.4 Å². The Morgan fingerprint density at radius 2 is 1.58 bits per heavy atom. The van der Waals surface area contributed by atoms with Crippen LogP contribution in [0.2, 0.25) is 0 Å². The number of carbonyl (C=O) groups excluding carboxylic acids is 2. The maximum absolute atomic E-state index is 13.9. The van der Waals surface area contributed by atoms with Crippen molar-refractivity contribution in [1.82, 2.24) is 10.2 Å². The maximum Gasteiger partial charge on any atom is 0.264 e. The van der Waals surface area contributed by atoms with Gasteiger partial charge in [0.1, 0.15) is 18.3 Å². The van der Waals surface area contributed by atoms with E-state index in [4.69, 9.17) is 4.74 Å². The average molecular weight is 538 g/mol. The predicted octanol–water partition coefficient (Wildman–Crippen LogP) is 4.06. The van der Waals surface area contributed by atoms with Gasteiger partial charge in [-0.1, -0.05) is 48.9 Å². The number of carbonyl (C=O) groups is 2. The van der Waals surface area contributed by atoms with Crippen LogP contribution in [-0.2, 0) is 26.2 Å². The molecule has 0 fully saturated rings. The van der Waals surface area contributed by atoms with Gasteiger partial charge in [-0.25, -0.2) is 8.42 Å². The molecule has 0 bridgehead atoms. The van der Waals surface area contributed by atoms with Gasteiger partial charge >= 0.3 is 0 Å². The number of nitrogens with zero attached hydrogens (tertiary/aromatic N) is 2. The van der Waals surface area contributed by atoms with Crippen molar-refractivity contribution in [3.8, 4) is 5.75 Å². The fourth-order valence-corrected chi connectivity index (χ4v) is 5.59. The van der Waals surface area contributed by atoms with Gasteiger partial charge in [0.2, 0.25) is 11.8 Å². The number of nitrogens with one attached hydrogen (secondary N) is 1. The number of anilines is 1. The zero-order valence-electron chi connectivity index (χ0n) is 22.5. The van der Waals surface area contributed by atoms with E-state index in [0.29, 0.717) is 17.9 Å². The number of hydrogen-bond donors (Lipinski definition) is 1. The Kier molecular flexibility index (Phi) is 9.52. The Bertz CT molecular complexity index is 1360. The lowest BCUT2D eigenvalue weighted by Crippen LogP contribution is -2.51. The third kappa shape index (κ3) is 6.52. The second kappa shape index (κ2) is 12.6. The summed E-state index contributed by atoms with van der Waals surface area (Å²) in [6.45, 7) is 5.35. The molecule has 0 aliphatic carbocycles. The summed E-state index contributed by atoms with van der Waals surface area (Å²) in [6.07, 6.45) is 0.368. The molecule has 0 heterocycles. The third-order valence-corrected chi connectivity index (χ3v) is 8.27. The molecular formula is C29H35N3O5S. The molecule has 0 aliphatic rings. The van der Waals surface area contributed by atoms with Gasteiger partial charge in [0.25, 0.3) is 10.0 Å². The molecular weight excluding hydrogens is 502 g/mol. The summed E-state index contributed by atoms with van der Waals surface area (Å²) >= 11 is 0. The molecule has 0 saturated carbocycles. The summed E-state index contributed by atoms with van der Waals surface area (Å²) in [5.41, 5.74) is 3.15. The molecule has 2 amide bonds. The second-order valence-corrected chi connectivity index (χ2v) is 10.9. The predicted molar refractivity (Wildman–Crippen MR) is 149 cm³/mol. The minimum atomic E-state index is -4.13. The fourth-order valence-electron chi connectivity index (χ4n) is 4.17. The fraction of sp³-hybridized carbons (Fsp3) is 0.310. The normalized spacial score (nSPS) is 11.9. The van der Waals surface area contributed by atoms with Gasteiger partial charge in [0, 0.05) is 13.6 Å². The highest BCUT2D eigenvalue weighted by atomic mass is 32.2. The standard InChI is InChI=1S/C29H35N3O5S/c1-6-27(29(34)30-4)31(19-23-10-8-7-9-22(23)3)28(33)20-32(24-13-11-21(2)12-14-24)38(35,36)26-17-15-25(37-5)16-18-26/h7-18,27H,6,19-20H2,1-5H3,(H,30,34)/t27-/m0/s1. The van der Waals surface area contributed by atoms with Crippen molar-refractivity contribution in [2.75, 3.05) is 25.0 Å². The number of hydrogen-bond acceptors (Lipinski definition) is 5. The molecule has 1 atom stereocenters. The van der Waals surface area contributed by atoms with Gasteiger partial charge in [-0.2, -0.15) is 0 Å². The molecule has 3 rings (SSSR count). The minimum absolute atomic E-state index is 0.0236. The summed E-state index contributed by atoms with van der Waals surface area (Å²) in [4.78, 5) is 28.2. The number of rotatable bonds is 11. The van der Waals surface area contributed by atoms with Crippen molar-refractivity contribution >= 4 is 27.5 Å². The summed E-state index contributed by atoms with van der Waals surface area (Å²) in [6, 6.07) is 19.8. The molecule has 8 nitrogen and oxygen atoms in total. The lowest BCUT2D eigenvalue weighted by atomic mass is 10.1. The highest BCUT2D eigenvalue weighted by Gasteiger charge is 2.33. The van der Waals surface area contributed by atoms with Crippen LogP contribution < -0.4 is 14.4 Å².